The topological polar surface area (TPSA) is 49.8 Å². The fraction of sp³-hybridized carbons (Fsp3) is 0.929. The number of likely N-dealkylation sites (tertiary alicyclic amines) is 1. The maximum absolute atomic E-state index is 11.1. The predicted molar refractivity (Wildman–Crippen MR) is 71.3 cm³/mol. The van der Waals surface area contributed by atoms with E-state index in [0.717, 1.165) is 45.3 Å². The molecule has 2 atom stereocenters. The van der Waals surface area contributed by atoms with Gasteiger partial charge in [-0.1, -0.05) is 13.3 Å². The molecule has 1 aliphatic heterocycles. The number of aliphatic hydroxyl groups excluding tert-OH is 1. The van der Waals surface area contributed by atoms with Crippen molar-refractivity contribution in [1.29, 1.82) is 0 Å². The van der Waals surface area contributed by atoms with Crippen LogP contribution in [0, 0.1) is 5.92 Å². The zero-order valence-corrected chi connectivity index (χ0v) is 11.7. The van der Waals surface area contributed by atoms with E-state index in [1.165, 1.54) is 0 Å². The van der Waals surface area contributed by atoms with Gasteiger partial charge in [0.05, 0.1) is 12.7 Å². The zero-order valence-electron chi connectivity index (χ0n) is 11.7. The number of hydrogen-bond donors (Lipinski definition) is 1. The van der Waals surface area contributed by atoms with Crippen LogP contribution in [0.15, 0.2) is 0 Å². The Bertz CT molecular complexity index is 245. The molecule has 1 aliphatic rings. The Kier molecular flexibility index (Phi) is 7.28. The van der Waals surface area contributed by atoms with Crippen LogP contribution in [0.5, 0.6) is 0 Å². The Morgan fingerprint density at radius 3 is 2.83 bits per heavy atom. The maximum atomic E-state index is 11.1. The summed E-state index contributed by atoms with van der Waals surface area (Å²) in [5.74, 6) is 0.311. The summed E-state index contributed by atoms with van der Waals surface area (Å²) in [6, 6.07) is 0. The van der Waals surface area contributed by atoms with Crippen molar-refractivity contribution in [3.05, 3.63) is 0 Å². The Labute approximate surface area is 110 Å². The number of esters is 1. The Hall–Kier alpha value is -0.610. The third-order valence-corrected chi connectivity index (χ3v) is 3.60. The summed E-state index contributed by atoms with van der Waals surface area (Å²) in [6.07, 6.45) is 4.44. The van der Waals surface area contributed by atoms with Crippen LogP contribution in [-0.4, -0.2) is 48.3 Å². The van der Waals surface area contributed by atoms with Crippen LogP contribution < -0.4 is 0 Å². The first kappa shape index (κ1) is 15.4. The molecule has 1 fully saturated rings. The second-order valence-corrected chi connectivity index (χ2v) is 5.25. The van der Waals surface area contributed by atoms with Gasteiger partial charge >= 0.3 is 5.97 Å². The summed E-state index contributed by atoms with van der Waals surface area (Å²) in [6.45, 7) is 7.51. The van der Waals surface area contributed by atoms with Crippen molar-refractivity contribution >= 4 is 5.97 Å². The van der Waals surface area contributed by atoms with Crippen LogP contribution in [0.25, 0.3) is 0 Å². The Morgan fingerprint density at radius 1 is 1.39 bits per heavy atom. The largest absolute Gasteiger partial charge is 0.466 e. The number of carbonyl (C=O) groups excluding carboxylic acids is 1. The van der Waals surface area contributed by atoms with Crippen LogP contribution in [0.4, 0.5) is 0 Å². The SMILES string of the molecule is CCOC(=O)CCCCCN1CCC(O)C(C)C1. The van der Waals surface area contributed by atoms with Crippen molar-refractivity contribution in [3.63, 3.8) is 0 Å². The summed E-state index contributed by atoms with van der Waals surface area (Å²) in [7, 11) is 0. The van der Waals surface area contributed by atoms with Crippen LogP contribution >= 0.6 is 0 Å². The van der Waals surface area contributed by atoms with Crippen molar-refractivity contribution in [2.24, 2.45) is 5.92 Å². The van der Waals surface area contributed by atoms with E-state index in [1.54, 1.807) is 0 Å². The molecule has 0 spiro atoms. The molecule has 1 rings (SSSR count). The molecular weight excluding hydrogens is 230 g/mol. The molecular formula is C14H27NO3. The molecule has 1 N–H and O–H groups in total. The smallest absolute Gasteiger partial charge is 0.305 e. The van der Waals surface area contributed by atoms with Gasteiger partial charge in [-0.25, -0.2) is 0 Å². The summed E-state index contributed by atoms with van der Waals surface area (Å²) < 4.78 is 4.89. The molecule has 4 heteroatoms. The number of piperidine rings is 1. The lowest BCUT2D eigenvalue weighted by Crippen LogP contribution is -2.42. The normalized spacial score (nSPS) is 25.1. The minimum absolute atomic E-state index is 0.0767. The number of carbonyl (C=O) groups is 1. The van der Waals surface area contributed by atoms with Crippen LogP contribution in [0.2, 0.25) is 0 Å². The number of nitrogens with zero attached hydrogens (tertiary/aromatic N) is 1. The molecule has 0 saturated carbocycles. The molecule has 106 valence electrons. The third kappa shape index (κ3) is 5.83. The molecule has 0 amide bonds. The van der Waals surface area contributed by atoms with Gasteiger partial charge in [0.2, 0.25) is 0 Å². The van der Waals surface area contributed by atoms with Crippen LogP contribution in [0.3, 0.4) is 0 Å². The van der Waals surface area contributed by atoms with E-state index in [2.05, 4.69) is 11.8 Å². The lowest BCUT2D eigenvalue weighted by atomic mass is 9.96. The van der Waals surface area contributed by atoms with E-state index in [9.17, 15) is 9.90 Å². The zero-order chi connectivity index (χ0) is 13.4. The first-order valence-corrected chi connectivity index (χ1v) is 7.19. The van der Waals surface area contributed by atoms with Gasteiger partial charge in [0, 0.05) is 19.5 Å². The minimum atomic E-state index is -0.120. The molecule has 0 aromatic heterocycles. The molecule has 0 aromatic carbocycles. The maximum Gasteiger partial charge on any atom is 0.305 e. The second-order valence-electron chi connectivity index (χ2n) is 5.25. The van der Waals surface area contributed by atoms with E-state index in [4.69, 9.17) is 4.74 Å². The Morgan fingerprint density at radius 2 is 2.17 bits per heavy atom. The van der Waals surface area contributed by atoms with Gasteiger partial charge in [-0.2, -0.15) is 0 Å². The van der Waals surface area contributed by atoms with Crippen LogP contribution in [-0.2, 0) is 9.53 Å². The predicted octanol–water partition coefficient (Wildman–Crippen LogP) is 1.81. The monoisotopic (exact) mass is 257 g/mol. The van der Waals surface area contributed by atoms with Crippen molar-refractivity contribution < 1.29 is 14.6 Å². The van der Waals surface area contributed by atoms with Gasteiger partial charge < -0.3 is 14.7 Å². The van der Waals surface area contributed by atoms with Crippen molar-refractivity contribution in [1.82, 2.24) is 4.90 Å². The quantitative estimate of drug-likeness (QED) is 0.558. The number of hydrogen-bond acceptors (Lipinski definition) is 4. The first-order chi connectivity index (χ1) is 8.63. The molecule has 1 heterocycles. The van der Waals surface area contributed by atoms with Gasteiger partial charge in [0.25, 0.3) is 0 Å². The van der Waals surface area contributed by atoms with E-state index in [1.807, 2.05) is 6.92 Å². The minimum Gasteiger partial charge on any atom is -0.466 e. The highest BCUT2D eigenvalue weighted by atomic mass is 16.5. The molecule has 4 nitrogen and oxygen atoms in total. The molecule has 2 unspecified atom stereocenters. The van der Waals surface area contributed by atoms with Gasteiger partial charge in [-0.05, 0) is 38.6 Å². The standard InChI is InChI=1S/C14H27NO3/c1-3-18-14(17)7-5-4-6-9-15-10-8-13(16)12(2)11-15/h12-13,16H,3-11H2,1-2H3. The fourth-order valence-electron chi connectivity index (χ4n) is 2.44. The van der Waals surface area contributed by atoms with E-state index in [0.29, 0.717) is 18.9 Å². The number of aliphatic hydroxyl groups is 1. The van der Waals surface area contributed by atoms with Crippen LogP contribution in [0.1, 0.15) is 46.0 Å². The summed E-state index contributed by atoms with van der Waals surface area (Å²) in [5, 5.41) is 9.64. The molecule has 0 radical (unpaired) electrons. The van der Waals surface area contributed by atoms with E-state index in [-0.39, 0.29) is 12.1 Å². The van der Waals surface area contributed by atoms with Crippen molar-refractivity contribution in [3.8, 4) is 0 Å². The van der Waals surface area contributed by atoms with Gasteiger partial charge in [-0.15, -0.1) is 0 Å². The van der Waals surface area contributed by atoms with Gasteiger partial charge in [-0.3, -0.25) is 4.79 Å². The number of ether oxygens (including phenoxy) is 1. The van der Waals surface area contributed by atoms with Crippen molar-refractivity contribution in [2.45, 2.75) is 52.1 Å². The third-order valence-electron chi connectivity index (χ3n) is 3.60. The summed E-state index contributed by atoms with van der Waals surface area (Å²) in [5.41, 5.74) is 0. The highest BCUT2D eigenvalue weighted by Gasteiger charge is 2.23. The average Bonchev–Trinajstić information content (AvgIpc) is 2.33. The highest BCUT2D eigenvalue weighted by molar-refractivity contribution is 5.69. The van der Waals surface area contributed by atoms with Gasteiger partial charge in [0.1, 0.15) is 0 Å². The second kappa shape index (κ2) is 8.48. The molecule has 1 saturated heterocycles. The molecule has 18 heavy (non-hydrogen) atoms. The Balaban J connectivity index is 1.99. The molecule has 0 aromatic rings. The summed E-state index contributed by atoms with van der Waals surface area (Å²) in [4.78, 5) is 13.5. The number of unbranched alkanes of at least 4 members (excludes halogenated alkanes) is 2. The highest BCUT2D eigenvalue weighted by Crippen LogP contribution is 2.17. The van der Waals surface area contributed by atoms with Crippen molar-refractivity contribution in [2.75, 3.05) is 26.2 Å². The average molecular weight is 257 g/mol. The van der Waals surface area contributed by atoms with E-state index >= 15 is 0 Å². The lowest BCUT2D eigenvalue weighted by molar-refractivity contribution is -0.143. The van der Waals surface area contributed by atoms with Gasteiger partial charge in [0.15, 0.2) is 0 Å². The fourth-order valence-corrected chi connectivity index (χ4v) is 2.44. The molecule has 0 bridgehead atoms. The summed E-state index contributed by atoms with van der Waals surface area (Å²) >= 11 is 0. The lowest BCUT2D eigenvalue weighted by Gasteiger charge is -2.34. The first-order valence-electron chi connectivity index (χ1n) is 7.19. The molecule has 0 aliphatic carbocycles. The van der Waals surface area contributed by atoms with E-state index < -0.39 is 0 Å². The number of rotatable bonds is 7.